The van der Waals surface area contributed by atoms with E-state index >= 15 is 0 Å². The zero-order valence-electron chi connectivity index (χ0n) is 12.9. The van der Waals surface area contributed by atoms with Crippen LogP contribution in [0.4, 0.5) is 0 Å². The van der Waals surface area contributed by atoms with E-state index in [-0.39, 0.29) is 18.0 Å². The van der Waals surface area contributed by atoms with E-state index in [2.05, 4.69) is 27.9 Å². The number of hydrogen-bond donors (Lipinski definition) is 0. The van der Waals surface area contributed by atoms with Gasteiger partial charge in [-0.1, -0.05) is 17.7 Å². The number of fused-ring (bicyclic) bond motifs is 4. The number of nitrogens with zero attached hydrogens (tertiary/aromatic N) is 3. The van der Waals surface area contributed by atoms with E-state index in [9.17, 15) is 4.79 Å². The Morgan fingerprint density at radius 1 is 1.27 bits per heavy atom. The molecular formula is C18H19N3O. The minimum absolute atomic E-state index is 0.142. The average molecular weight is 293 g/mol. The summed E-state index contributed by atoms with van der Waals surface area (Å²) in [5, 5.41) is 0. The first-order chi connectivity index (χ1) is 10.6. The summed E-state index contributed by atoms with van der Waals surface area (Å²) in [4.78, 5) is 23.7. The quantitative estimate of drug-likeness (QED) is 0.812. The minimum Gasteiger partial charge on any atom is -0.328 e. The average Bonchev–Trinajstić information content (AvgIpc) is 2.82. The van der Waals surface area contributed by atoms with Crippen molar-refractivity contribution in [1.82, 2.24) is 14.9 Å². The highest BCUT2D eigenvalue weighted by Crippen LogP contribution is 2.43. The molecule has 22 heavy (non-hydrogen) atoms. The van der Waals surface area contributed by atoms with Crippen LogP contribution < -0.4 is 0 Å². The molecule has 0 radical (unpaired) electrons. The fourth-order valence-corrected chi connectivity index (χ4v) is 3.93. The Morgan fingerprint density at radius 3 is 2.95 bits per heavy atom. The first-order valence-electron chi connectivity index (χ1n) is 7.84. The van der Waals surface area contributed by atoms with Gasteiger partial charge in [0.2, 0.25) is 0 Å². The van der Waals surface area contributed by atoms with E-state index in [4.69, 9.17) is 0 Å². The lowest BCUT2D eigenvalue weighted by atomic mass is 9.97. The number of benzene rings is 1. The monoisotopic (exact) mass is 293 g/mol. The molecule has 2 unspecified atom stereocenters. The van der Waals surface area contributed by atoms with Crippen LogP contribution in [0.5, 0.6) is 0 Å². The highest BCUT2D eigenvalue weighted by atomic mass is 16.2. The number of amides is 1. The van der Waals surface area contributed by atoms with Crippen molar-refractivity contribution in [3.8, 4) is 0 Å². The Labute approximate surface area is 130 Å². The predicted octanol–water partition coefficient (Wildman–Crippen LogP) is 3.00. The second-order valence-electron chi connectivity index (χ2n) is 6.41. The van der Waals surface area contributed by atoms with Crippen molar-refractivity contribution in [2.45, 2.75) is 45.2 Å². The molecule has 0 aliphatic carbocycles. The van der Waals surface area contributed by atoms with E-state index < -0.39 is 0 Å². The number of aromatic nitrogens is 2. The topological polar surface area (TPSA) is 46.1 Å². The van der Waals surface area contributed by atoms with Crippen LogP contribution in [0.25, 0.3) is 0 Å². The molecule has 2 aliphatic heterocycles. The lowest BCUT2D eigenvalue weighted by molar-refractivity contribution is 0.0643. The number of rotatable bonds is 1. The molecule has 1 saturated heterocycles. The van der Waals surface area contributed by atoms with Gasteiger partial charge >= 0.3 is 0 Å². The fourth-order valence-electron chi connectivity index (χ4n) is 3.93. The molecule has 1 fully saturated rings. The largest absolute Gasteiger partial charge is 0.328 e. The zero-order valence-corrected chi connectivity index (χ0v) is 12.9. The SMILES string of the molecule is Cc1ccc(C(=O)N2C3CCC2c2cncnc2C3)c(C)c1. The van der Waals surface area contributed by atoms with Crippen LogP contribution >= 0.6 is 0 Å². The van der Waals surface area contributed by atoms with E-state index in [1.807, 2.05) is 25.3 Å². The Balaban J connectivity index is 1.73. The first-order valence-corrected chi connectivity index (χ1v) is 7.84. The molecule has 2 atom stereocenters. The van der Waals surface area contributed by atoms with E-state index in [1.54, 1.807) is 6.33 Å². The molecule has 1 aromatic carbocycles. The van der Waals surface area contributed by atoms with Crippen LogP contribution in [0.2, 0.25) is 0 Å². The fraction of sp³-hybridized carbons (Fsp3) is 0.389. The number of hydrogen-bond acceptors (Lipinski definition) is 3. The van der Waals surface area contributed by atoms with Gasteiger partial charge in [-0.05, 0) is 38.3 Å². The summed E-state index contributed by atoms with van der Waals surface area (Å²) in [6.45, 7) is 4.07. The summed E-state index contributed by atoms with van der Waals surface area (Å²) in [5.41, 5.74) is 5.32. The Bertz CT molecular complexity index is 756. The van der Waals surface area contributed by atoms with Crippen LogP contribution in [0, 0.1) is 13.8 Å². The smallest absolute Gasteiger partial charge is 0.254 e. The molecular weight excluding hydrogens is 274 g/mol. The summed E-state index contributed by atoms with van der Waals surface area (Å²) in [6, 6.07) is 6.48. The normalized spacial score (nSPS) is 22.5. The van der Waals surface area contributed by atoms with Crippen LogP contribution in [0.1, 0.15) is 51.6 Å². The molecule has 0 spiro atoms. The predicted molar refractivity (Wildman–Crippen MR) is 83.6 cm³/mol. The zero-order chi connectivity index (χ0) is 15.3. The van der Waals surface area contributed by atoms with Gasteiger partial charge in [-0.3, -0.25) is 4.79 Å². The molecule has 0 N–H and O–H groups in total. The van der Waals surface area contributed by atoms with Crippen LogP contribution in [0.15, 0.2) is 30.7 Å². The van der Waals surface area contributed by atoms with Crippen molar-refractivity contribution in [2.75, 3.05) is 0 Å². The number of aryl methyl sites for hydroxylation is 2. The van der Waals surface area contributed by atoms with Crippen molar-refractivity contribution < 1.29 is 4.79 Å². The van der Waals surface area contributed by atoms with E-state index in [0.29, 0.717) is 0 Å². The highest BCUT2D eigenvalue weighted by molar-refractivity contribution is 5.96. The molecule has 4 nitrogen and oxygen atoms in total. The lowest BCUT2D eigenvalue weighted by Crippen LogP contribution is -2.42. The van der Waals surface area contributed by atoms with Crippen molar-refractivity contribution in [1.29, 1.82) is 0 Å². The third-order valence-electron chi connectivity index (χ3n) is 4.96. The van der Waals surface area contributed by atoms with E-state index in [0.717, 1.165) is 41.6 Å². The van der Waals surface area contributed by atoms with Crippen LogP contribution in [0.3, 0.4) is 0 Å². The van der Waals surface area contributed by atoms with Gasteiger partial charge in [-0.25, -0.2) is 9.97 Å². The lowest BCUT2D eigenvalue weighted by Gasteiger charge is -2.35. The van der Waals surface area contributed by atoms with Gasteiger partial charge in [0.25, 0.3) is 5.91 Å². The maximum absolute atomic E-state index is 13.1. The van der Waals surface area contributed by atoms with Gasteiger partial charge in [0, 0.05) is 29.8 Å². The van der Waals surface area contributed by atoms with Crippen molar-refractivity contribution in [3.63, 3.8) is 0 Å². The molecule has 2 aromatic rings. The van der Waals surface area contributed by atoms with Gasteiger partial charge in [0.05, 0.1) is 11.7 Å². The Hall–Kier alpha value is -2.23. The molecule has 4 heteroatoms. The molecule has 2 aliphatic rings. The van der Waals surface area contributed by atoms with Gasteiger partial charge < -0.3 is 4.90 Å². The van der Waals surface area contributed by atoms with Crippen molar-refractivity contribution >= 4 is 5.91 Å². The summed E-state index contributed by atoms with van der Waals surface area (Å²) >= 11 is 0. The van der Waals surface area contributed by atoms with Gasteiger partial charge in [-0.15, -0.1) is 0 Å². The molecule has 1 aromatic heterocycles. The minimum atomic E-state index is 0.142. The Morgan fingerprint density at radius 2 is 2.14 bits per heavy atom. The van der Waals surface area contributed by atoms with Crippen molar-refractivity contribution in [2.24, 2.45) is 0 Å². The molecule has 0 saturated carbocycles. The third-order valence-corrected chi connectivity index (χ3v) is 4.96. The molecule has 3 heterocycles. The molecule has 4 rings (SSSR count). The first kappa shape index (κ1) is 13.4. The second kappa shape index (κ2) is 4.90. The maximum atomic E-state index is 13.1. The summed E-state index contributed by atoms with van der Waals surface area (Å²) in [5.74, 6) is 0.152. The molecule has 2 bridgehead atoms. The van der Waals surface area contributed by atoms with Gasteiger partial charge in [0.1, 0.15) is 6.33 Å². The summed E-state index contributed by atoms with van der Waals surface area (Å²) in [6.07, 6.45) is 6.42. The second-order valence-corrected chi connectivity index (χ2v) is 6.41. The summed E-state index contributed by atoms with van der Waals surface area (Å²) in [7, 11) is 0. The number of carbonyl (C=O) groups excluding carboxylic acids is 1. The van der Waals surface area contributed by atoms with Crippen molar-refractivity contribution in [3.05, 3.63) is 58.7 Å². The number of carbonyl (C=O) groups is 1. The standard InChI is InChI=1S/C18H19N3O/c1-11-3-5-14(12(2)7-11)18(22)21-13-4-6-17(21)15-9-19-10-20-16(15)8-13/h3,5,7,9-10,13,17H,4,6,8H2,1-2H3. The molecule has 112 valence electrons. The third kappa shape index (κ3) is 1.94. The maximum Gasteiger partial charge on any atom is 0.254 e. The highest BCUT2D eigenvalue weighted by Gasteiger charge is 2.43. The van der Waals surface area contributed by atoms with Crippen LogP contribution in [-0.4, -0.2) is 26.8 Å². The molecule has 1 amide bonds. The van der Waals surface area contributed by atoms with E-state index in [1.165, 1.54) is 5.56 Å². The van der Waals surface area contributed by atoms with Crippen LogP contribution in [-0.2, 0) is 6.42 Å². The summed E-state index contributed by atoms with van der Waals surface area (Å²) < 4.78 is 0. The van der Waals surface area contributed by atoms with Gasteiger partial charge in [0.15, 0.2) is 0 Å². The van der Waals surface area contributed by atoms with Gasteiger partial charge in [-0.2, -0.15) is 0 Å². The Kier molecular flexibility index (Phi) is 2.99.